The molecule has 1 aromatic rings. The lowest BCUT2D eigenvalue weighted by Crippen LogP contribution is -2.36. The summed E-state index contributed by atoms with van der Waals surface area (Å²) in [5.74, 6) is -0.271. The number of hydrogen-bond acceptors (Lipinski definition) is 5. The number of rotatable bonds is 4. The highest BCUT2D eigenvalue weighted by Gasteiger charge is 2.49. The molecule has 7 nitrogen and oxygen atoms in total. The molecule has 0 aliphatic carbocycles. The number of carbonyl (C=O) groups is 1. The van der Waals surface area contributed by atoms with E-state index >= 15 is 0 Å². The molecule has 2 fully saturated rings. The molecule has 0 saturated carbocycles. The first kappa shape index (κ1) is 17.4. The van der Waals surface area contributed by atoms with Crippen molar-refractivity contribution >= 4 is 31.5 Å². The van der Waals surface area contributed by atoms with Gasteiger partial charge in [0, 0.05) is 24.1 Å². The molecule has 0 aromatic heterocycles. The van der Waals surface area contributed by atoms with Gasteiger partial charge in [-0.25, -0.2) is 21.6 Å². The smallest absolute Gasteiger partial charge is 0.240 e. The molecule has 0 bridgehead atoms. The molecular weight excluding hydrogens is 352 g/mol. The van der Waals surface area contributed by atoms with E-state index < -0.39 is 19.9 Å². The zero-order valence-corrected chi connectivity index (χ0v) is 15.1. The van der Waals surface area contributed by atoms with Crippen LogP contribution in [-0.2, 0) is 24.7 Å². The Morgan fingerprint density at radius 3 is 2.38 bits per heavy atom. The Labute approximate surface area is 142 Å². The second-order valence-corrected chi connectivity index (χ2v) is 10.5. The predicted octanol–water partition coefficient (Wildman–Crippen LogP) is 0.523. The number of sulfonamides is 1. The van der Waals surface area contributed by atoms with Gasteiger partial charge in [0.1, 0.15) is 0 Å². The third-order valence-electron chi connectivity index (χ3n) is 4.29. The molecule has 2 atom stereocenters. The van der Waals surface area contributed by atoms with Crippen molar-refractivity contribution in [1.82, 2.24) is 4.72 Å². The molecular formula is C15H20N2O5S2. The highest BCUT2D eigenvalue weighted by molar-refractivity contribution is 7.91. The molecule has 3 rings (SSSR count). The fourth-order valence-corrected chi connectivity index (χ4v) is 6.71. The van der Waals surface area contributed by atoms with E-state index in [-0.39, 0.29) is 46.7 Å². The van der Waals surface area contributed by atoms with E-state index in [9.17, 15) is 21.6 Å². The standard InChI is InChI=1S/C15H20N2O5S2/c1-10(2)16-24(21,22)13-5-3-12(4-6-13)17-14-9-23(19,20)8-11(14)7-15(17)18/h3-6,10-11,14,16H,7-9H2,1-2H3/t11-,14-/m0/s1. The molecule has 0 radical (unpaired) electrons. The first-order chi connectivity index (χ1) is 11.1. The fourth-order valence-electron chi connectivity index (χ4n) is 3.39. The summed E-state index contributed by atoms with van der Waals surface area (Å²) in [4.78, 5) is 13.8. The molecule has 2 heterocycles. The van der Waals surface area contributed by atoms with E-state index in [0.717, 1.165) is 0 Å². The molecule has 2 saturated heterocycles. The van der Waals surface area contributed by atoms with Gasteiger partial charge in [0.05, 0.1) is 22.4 Å². The Balaban J connectivity index is 1.87. The van der Waals surface area contributed by atoms with Crippen LogP contribution in [0.2, 0.25) is 0 Å². The molecule has 1 N–H and O–H groups in total. The van der Waals surface area contributed by atoms with Crippen molar-refractivity contribution in [2.24, 2.45) is 5.92 Å². The van der Waals surface area contributed by atoms with Gasteiger partial charge in [-0.05, 0) is 38.1 Å². The number of hydrogen-bond donors (Lipinski definition) is 1. The quantitative estimate of drug-likeness (QED) is 0.831. The number of nitrogens with zero attached hydrogens (tertiary/aromatic N) is 1. The van der Waals surface area contributed by atoms with Gasteiger partial charge < -0.3 is 4.90 Å². The monoisotopic (exact) mass is 372 g/mol. The number of nitrogens with one attached hydrogen (secondary N) is 1. The maximum Gasteiger partial charge on any atom is 0.240 e. The zero-order chi connectivity index (χ0) is 17.7. The molecule has 2 aliphatic rings. The SMILES string of the molecule is CC(C)NS(=O)(=O)c1ccc(N2C(=O)C[C@H]3CS(=O)(=O)C[C@@H]32)cc1. The average Bonchev–Trinajstić information content (AvgIpc) is 2.87. The van der Waals surface area contributed by atoms with Gasteiger partial charge in [0.25, 0.3) is 0 Å². The van der Waals surface area contributed by atoms with Crippen LogP contribution in [0.4, 0.5) is 5.69 Å². The molecule has 0 unspecified atom stereocenters. The van der Waals surface area contributed by atoms with E-state index in [1.165, 1.54) is 17.0 Å². The van der Waals surface area contributed by atoms with Crippen LogP contribution in [0.3, 0.4) is 0 Å². The van der Waals surface area contributed by atoms with Gasteiger partial charge in [-0.2, -0.15) is 0 Å². The van der Waals surface area contributed by atoms with Crippen LogP contribution in [0, 0.1) is 5.92 Å². The van der Waals surface area contributed by atoms with Crippen molar-refractivity contribution < 1.29 is 21.6 Å². The van der Waals surface area contributed by atoms with E-state index in [4.69, 9.17) is 0 Å². The van der Waals surface area contributed by atoms with Gasteiger partial charge in [-0.3, -0.25) is 4.79 Å². The van der Waals surface area contributed by atoms with Crippen molar-refractivity contribution in [3.8, 4) is 0 Å². The number of amides is 1. The largest absolute Gasteiger partial charge is 0.308 e. The van der Waals surface area contributed by atoms with Gasteiger partial charge in [-0.1, -0.05) is 0 Å². The maximum atomic E-state index is 12.2. The van der Waals surface area contributed by atoms with Crippen LogP contribution >= 0.6 is 0 Å². The average molecular weight is 372 g/mol. The molecule has 2 aliphatic heterocycles. The number of anilines is 1. The predicted molar refractivity (Wildman–Crippen MR) is 89.9 cm³/mol. The molecule has 1 aromatic carbocycles. The normalized spacial score (nSPS) is 26.1. The van der Waals surface area contributed by atoms with Gasteiger partial charge >= 0.3 is 0 Å². The van der Waals surface area contributed by atoms with Crippen LogP contribution < -0.4 is 9.62 Å². The molecule has 24 heavy (non-hydrogen) atoms. The Bertz CT molecular complexity index is 860. The van der Waals surface area contributed by atoms with Crippen molar-refractivity contribution in [3.63, 3.8) is 0 Å². The van der Waals surface area contributed by atoms with E-state index in [1.807, 2.05) is 0 Å². The number of sulfone groups is 1. The Hall–Kier alpha value is -1.45. The van der Waals surface area contributed by atoms with Gasteiger partial charge in [0.2, 0.25) is 15.9 Å². The van der Waals surface area contributed by atoms with E-state index in [2.05, 4.69) is 4.72 Å². The third-order valence-corrected chi connectivity index (χ3v) is 7.75. The Morgan fingerprint density at radius 1 is 1.17 bits per heavy atom. The minimum atomic E-state index is -3.60. The molecule has 0 spiro atoms. The van der Waals surface area contributed by atoms with Crippen LogP contribution in [0.25, 0.3) is 0 Å². The summed E-state index contributed by atoms with van der Waals surface area (Å²) in [6, 6.07) is 5.41. The van der Waals surface area contributed by atoms with Crippen LogP contribution in [0.15, 0.2) is 29.2 Å². The Morgan fingerprint density at radius 2 is 1.79 bits per heavy atom. The summed E-state index contributed by atoms with van der Waals surface area (Å²) in [6.45, 7) is 3.46. The van der Waals surface area contributed by atoms with Crippen molar-refractivity contribution in [2.75, 3.05) is 16.4 Å². The summed E-state index contributed by atoms with van der Waals surface area (Å²) in [5.41, 5.74) is 0.535. The topological polar surface area (TPSA) is 101 Å². The van der Waals surface area contributed by atoms with Crippen LogP contribution in [0.5, 0.6) is 0 Å². The van der Waals surface area contributed by atoms with Crippen LogP contribution in [-0.4, -0.2) is 46.3 Å². The van der Waals surface area contributed by atoms with Crippen molar-refractivity contribution in [1.29, 1.82) is 0 Å². The second-order valence-electron chi connectivity index (χ2n) is 6.64. The highest BCUT2D eigenvalue weighted by Crippen LogP contribution is 2.37. The maximum absolute atomic E-state index is 12.2. The lowest BCUT2D eigenvalue weighted by molar-refractivity contribution is -0.117. The summed E-state index contributed by atoms with van der Waals surface area (Å²) in [7, 11) is -6.71. The molecule has 132 valence electrons. The highest BCUT2D eigenvalue weighted by atomic mass is 32.2. The summed E-state index contributed by atoms with van der Waals surface area (Å²) in [6.07, 6.45) is 0.221. The minimum absolute atomic E-state index is 0.0294. The molecule has 9 heteroatoms. The first-order valence-corrected chi connectivity index (χ1v) is 11.0. The van der Waals surface area contributed by atoms with Gasteiger partial charge in [0.15, 0.2) is 9.84 Å². The summed E-state index contributed by atoms with van der Waals surface area (Å²) < 4.78 is 50.3. The lowest BCUT2D eigenvalue weighted by Gasteiger charge is -2.23. The van der Waals surface area contributed by atoms with Gasteiger partial charge in [-0.15, -0.1) is 0 Å². The fraction of sp³-hybridized carbons (Fsp3) is 0.533. The number of fused-ring (bicyclic) bond motifs is 1. The first-order valence-electron chi connectivity index (χ1n) is 7.74. The number of carbonyl (C=O) groups excluding carboxylic acids is 1. The second kappa shape index (κ2) is 5.82. The number of benzene rings is 1. The summed E-state index contributed by atoms with van der Waals surface area (Å²) >= 11 is 0. The third kappa shape index (κ3) is 3.20. The van der Waals surface area contributed by atoms with Crippen LogP contribution in [0.1, 0.15) is 20.3 Å². The minimum Gasteiger partial charge on any atom is -0.308 e. The van der Waals surface area contributed by atoms with Crippen molar-refractivity contribution in [3.05, 3.63) is 24.3 Å². The lowest BCUT2D eigenvalue weighted by atomic mass is 10.1. The summed E-state index contributed by atoms with van der Waals surface area (Å²) in [5, 5.41) is 0. The molecule has 1 amide bonds. The zero-order valence-electron chi connectivity index (χ0n) is 13.5. The Kier molecular flexibility index (Phi) is 4.21. The van der Waals surface area contributed by atoms with Crippen molar-refractivity contribution in [2.45, 2.75) is 37.2 Å². The van der Waals surface area contributed by atoms with E-state index in [0.29, 0.717) is 5.69 Å². The van der Waals surface area contributed by atoms with E-state index in [1.54, 1.807) is 26.0 Å².